The highest BCUT2D eigenvalue weighted by Gasteiger charge is 2.40. The average molecular weight is 417 g/mol. The van der Waals surface area contributed by atoms with Crippen LogP contribution in [0.25, 0.3) is 0 Å². The van der Waals surface area contributed by atoms with E-state index in [1.54, 1.807) is 11.6 Å². The van der Waals surface area contributed by atoms with Crippen LogP contribution in [0.1, 0.15) is 11.5 Å². The number of aromatic nitrogens is 2. The molecule has 2 heterocycles. The molecule has 6 nitrogen and oxygen atoms in total. The minimum absolute atomic E-state index is 0.0235. The number of halogens is 1. The lowest BCUT2D eigenvalue weighted by Gasteiger charge is -2.21. The predicted octanol–water partition coefficient (Wildman–Crippen LogP) is 3.34. The van der Waals surface area contributed by atoms with Crippen molar-refractivity contribution in [1.29, 1.82) is 0 Å². The van der Waals surface area contributed by atoms with Crippen molar-refractivity contribution in [3.8, 4) is 0 Å². The van der Waals surface area contributed by atoms with Crippen molar-refractivity contribution in [2.24, 2.45) is 7.05 Å². The number of nitrogens with zero attached hydrogens (tertiary/aromatic N) is 3. The summed E-state index contributed by atoms with van der Waals surface area (Å²) in [6, 6.07) is 17.4. The number of anilines is 1. The molecule has 4 rings (SSSR count). The Balaban J connectivity index is 1.64. The largest absolute Gasteiger partial charge is 0.380 e. The van der Waals surface area contributed by atoms with Gasteiger partial charge in [0.2, 0.25) is 0 Å². The Kier molecular flexibility index (Phi) is 5.14. The second-order valence-electron chi connectivity index (χ2n) is 6.97. The van der Waals surface area contributed by atoms with Crippen LogP contribution in [0.2, 0.25) is 5.02 Å². The highest BCUT2D eigenvalue weighted by atomic mass is 35.5. The molecule has 1 aliphatic rings. The van der Waals surface area contributed by atoms with E-state index in [-0.39, 0.29) is 17.0 Å². The maximum absolute atomic E-state index is 13.1. The Morgan fingerprint density at radius 1 is 1.07 bits per heavy atom. The van der Waals surface area contributed by atoms with Gasteiger partial charge in [-0.3, -0.25) is 0 Å². The van der Waals surface area contributed by atoms with Gasteiger partial charge in [0.25, 0.3) is 10.0 Å². The number of hydrogen-bond acceptors (Lipinski definition) is 4. The third-order valence-corrected chi connectivity index (χ3v) is 6.97. The normalized spacial score (nSPS) is 20.4. The molecule has 0 radical (unpaired) electrons. The van der Waals surface area contributed by atoms with Gasteiger partial charge < -0.3 is 9.88 Å². The Bertz CT molecular complexity index is 1050. The Morgan fingerprint density at radius 2 is 1.79 bits per heavy atom. The van der Waals surface area contributed by atoms with Crippen molar-refractivity contribution in [2.75, 3.05) is 18.4 Å². The van der Waals surface area contributed by atoms with Crippen molar-refractivity contribution in [3.05, 3.63) is 77.7 Å². The van der Waals surface area contributed by atoms with Gasteiger partial charge in [-0.25, -0.2) is 13.4 Å². The standard InChI is InChI=1S/C20H21ClN4O2S/c1-24-13-20(22-14-24)28(26,27)25-11-18(15-5-3-2-4-6-15)19(12-25)23-17-9-7-16(21)8-10-17/h2-10,13-14,18-19,23H,11-12H2,1H3. The first-order chi connectivity index (χ1) is 13.4. The molecule has 0 saturated carbocycles. The van der Waals surface area contributed by atoms with Crippen LogP contribution in [-0.4, -0.2) is 41.4 Å². The molecule has 2 aromatic carbocycles. The van der Waals surface area contributed by atoms with Crippen LogP contribution in [0.4, 0.5) is 5.69 Å². The number of rotatable bonds is 5. The van der Waals surface area contributed by atoms with Gasteiger partial charge in [-0.05, 0) is 29.8 Å². The Morgan fingerprint density at radius 3 is 2.43 bits per heavy atom. The molecule has 1 N–H and O–H groups in total. The maximum Gasteiger partial charge on any atom is 0.262 e. The summed E-state index contributed by atoms with van der Waals surface area (Å²) < 4.78 is 29.3. The fourth-order valence-electron chi connectivity index (χ4n) is 3.56. The smallest absolute Gasteiger partial charge is 0.262 e. The molecule has 1 saturated heterocycles. The van der Waals surface area contributed by atoms with Gasteiger partial charge in [-0.15, -0.1) is 0 Å². The van der Waals surface area contributed by atoms with E-state index >= 15 is 0 Å². The van der Waals surface area contributed by atoms with Crippen LogP contribution in [0.15, 0.2) is 72.1 Å². The van der Waals surface area contributed by atoms with Crippen LogP contribution in [-0.2, 0) is 17.1 Å². The monoisotopic (exact) mass is 416 g/mol. The molecule has 1 fully saturated rings. The van der Waals surface area contributed by atoms with E-state index in [1.807, 2.05) is 54.6 Å². The number of sulfonamides is 1. The molecule has 0 aliphatic carbocycles. The second kappa shape index (κ2) is 7.58. The van der Waals surface area contributed by atoms with Gasteiger partial charge >= 0.3 is 0 Å². The quantitative estimate of drug-likeness (QED) is 0.692. The summed E-state index contributed by atoms with van der Waals surface area (Å²) in [5.74, 6) is 0.0235. The highest BCUT2D eigenvalue weighted by molar-refractivity contribution is 7.89. The van der Waals surface area contributed by atoms with Crippen molar-refractivity contribution in [2.45, 2.75) is 17.0 Å². The minimum Gasteiger partial charge on any atom is -0.380 e. The van der Waals surface area contributed by atoms with E-state index in [1.165, 1.54) is 16.8 Å². The minimum atomic E-state index is -3.65. The molecule has 28 heavy (non-hydrogen) atoms. The van der Waals surface area contributed by atoms with Crippen LogP contribution in [0.5, 0.6) is 0 Å². The van der Waals surface area contributed by atoms with E-state index in [2.05, 4.69) is 10.3 Å². The van der Waals surface area contributed by atoms with Gasteiger partial charge in [0, 0.05) is 49.0 Å². The van der Waals surface area contributed by atoms with Gasteiger partial charge in [0.15, 0.2) is 5.03 Å². The van der Waals surface area contributed by atoms with Crippen LogP contribution in [0.3, 0.4) is 0 Å². The maximum atomic E-state index is 13.1. The fourth-order valence-corrected chi connectivity index (χ4v) is 5.15. The zero-order valence-electron chi connectivity index (χ0n) is 15.4. The molecular formula is C20H21ClN4O2S. The summed E-state index contributed by atoms with van der Waals surface area (Å²) in [5, 5.41) is 4.23. The molecule has 0 bridgehead atoms. The summed E-state index contributed by atoms with van der Waals surface area (Å²) in [6.07, 6.45) is 3.04. The van der Waals surface area contributed by atoms with Crippen molar-refractivity contribution in [1.82, 2.24) is 13.9 Å². The topological polar surface area (TPSA) is 67.2 Å². The molecule has 1 aliphatic heterocycles. The molecular weight excluding hydrogens is 396 g/mol. The zero-order chi connectivity index (χ0) is 19.7. The Hall–Kier alpha value is -2.35. The van der Waals surface area contributed by atoms with Gasteiger partial charge in [0.1, 0.15) is 0 Å². The van der Waals surface area contributed by atoms with Gasteiger partial charge in [-0.2, -0.15) is 4.31 Å². The average Bonchev–Trinajstić information content (AvgIpc) is 3.32. The zero-order valence-corrected chi connectivity index (χ0v) is 16.9. The van der Waals surface area contributed by atoms with E-state index < -0.39 is 10.0 Å². The van der Waals surface area contributed by atoms with Crippen LogP contribution < -0.4 is 5.32 Å². The van der Waals surface area contributed by atoms with Crippen molar-refractivity contribution in [3.63, 3.8) is 0 Å². The second-order valence-corrected chi connectivity index (χ2v) is 9.30. The van der Waals surface area contributed by atoms with Crippen molar-refractivity contribution < 1.29 is 8.42 Å². The first-order valence-corrected chi connectivity index (χ1v) is 10.8. The SMILES string of the molecule is Cn1cnc(S(=O)(=O)N2CC(Nc3ccc(Cl)cc3)C(c3ccccc3)C2)c1. The molecule has 3 aromatic rings. The number of aryl methyl sites for hydroxylation is 1. The molecule has 2 unspecified atom stereocenters. The summed E-state index contributed by atoms with van der Waals surface area (Å²) in [6.45, 7) is 0.759. The van der Waals surface area contributed by atoms with E-state index in [0.29, 0.717) is 18.1 Å². The summed E-state index contributed by atoms with van der Waals surface area (Å²) in [7, 11) is -1.89. The molecule has 0 amide bonds. The van der Waals surface area contributed by atoms with Crippen LogP contribution in [0, 0.1) is 0 Å². The molecule has 1 aromatic heterocycles. The molecule has 0 spiro atoms. The van der Waals surface area contributed by atoms with E-state index in [4.69, 9.17) is 11.6 Å². The number of nitrogens with one attached hydrogen (secondary N) is 1. The number of hydrogen-bond donors (Lipinski definition) is 1. The summed E-state index contributed by atoms with van der Waals surface area (Å²) in [5.41, 5.74) is 2.01. The lowest BCUT2D eigenvalue weighted by Crippen LogP contribution is -2.32. The van der Waals surface area contributed by atoms with Gasteiger partial charge in [-0.1, -0.05) is 41.9 Å². The van der Waals surface area contributed by atoms with Crippen molar-refractivity contribution >= 4 is 27.3 Å². The third kappa shape index (κ3) is 3.78. The molecule has 2 atom stereocenters. The van der Waals surface area contributed by atoms with Gasteiger partial charge in [0.05, 0.1) is 6.33 Å². The number of benzene rings is 2. The fraction of sp³-hybridized carbons (Fsp3) is 0.250. The first kappa shape index (κ1) is 19.0. The molecule has 146 valence electrons. The first-order valence-electron chi connectivity index (χ1n) is 8.98. The lowest BCUT2D eigenvalue weighted by atomic mass is 9.94. The predicted molar refractivity (Wildman–Crippen MR) is 110 cm³/mol. The lowest BCUT2D eigenvalue weighted by molar-refractivity contribution is 0.468. The third-order valence-electron chi connectivity index (χ3n) is 5.00. The summed E-state index contributed by atoms with van der Waals surface area (Å²) in [4.78, 5) is 4.05. The summed E-state index contributed by atoms with van der Waals surface area (Å²) >= 11 is 5.98. The highest BCUT2D eigenvalue weighted by Crippen LogP contribution is 2.33. The van der Waals surface area contributed by atoms with E-state index in [9.17, 15) is 8.42 Å². The van der Waals surface area contributed by atoms with E-state index in [0.717, 1.165) is 11.3 Å². The molecule has 8 heteroatoms. The van der Waals surface area contributed by atoms with Crippen LogP contribution >= 0.6 is 11.6 Å². The Labute approximate surface area is 169 Å². The number of imidazole rings is 1.